The van der Waals surface area contributed by atoms with Crippen LogP contribution < -0.4 is 9.46 Å². The van der Waals surface area contributed by atoms with Gasteiger partial charge in [-0.15, -0.1) is 0 Å². The lowest BCUT2D eigenvalue weighted by molar-refractivity contribution is 0.0362. The van der Waals surface area contributed by atoms with Crippen LogP contribution in [0, 0.1) is 25.7 Å². The van der Waals surface area contributed by atoms with Crippen LogP contribution in [-0.2, 0) is 22.5 Å². The smallest absolute Gasteiger partial charge is 0.264 e. The summed E-state index contributed by atoms with van der Waals surface area (Å²) in [6.07, 6.45) is 6.83. The molecule has 3 fully saturated rings. The van der Waals surface area contributed by atoms with Crippen molar-refractivity contribution in [3.8, 4) is 17.1 Å². The third-order valence-electron chi connectivity index (χ3n) is 12.2. The van der Waals surface area contributed by atoms with Gasteiger partial charge in [0.1, 0.15) is 12.1 Å². The van der Waals surface area contributed by atoms with Crippen LogP contribution in [-0.4, -0.2) is 62.3 Å². The molecule has 5 heterocycles. The Bertz CT molecular complexity index is 2470. The summed E-state index contributed by atoms with van der Waals surface area (Å²) in [4.78, 5) is 35.8. The number of anilines is 1. The summed E-state index contributed by atoms with van der Waals surface area (Å²) < 4.78 is 67.8. The highest BCUT2D eigenvalue weighted by atomic mass is 32.2. The van der Waals surface area contributed by atoms with Gasteiger partial charge in [0.25, 0.3) is 21.9 Å². The molecule has 0 radical (unpaired) electrons. The molecule has 1 unspecified atom stereocenters. The van der Waals surface area contributed by atoms with E-state index in [1.54, 1.807) is 49.0 Å². The molecule has 1 saturated heterocycles. The van der Waals surface area contributed by atoms with E-state index in [9.17, 15) is 17.2 Å². The number of halogens is 2. The van der Waals surface area contributed by atoms with Crippen LogP contribution in [0.5, 0.6) is 5.88 Å². The summed E-state index contributed by atoms with van der Waals surface area (Å²) in [5.41, 5.74) is 4.15. The van der Waals surface area contributed by atoms with Gasteiger partial charge in [0.2, 0.25) is 11.8 Å². The number of nitrogens with zero attached hydrogens (tertiary/aromatic N) is 6. The van der Waals surface area contributed by atoms with Crippen LogP contribution in [0.4, 0.5) is 14.7 Å². The number of rotatable bonds is 5. The number of benzene rings is 2. The number of fused-ring (bicyclic) bond motifs is 6. The highest BCUT2D eigenvalue weighted by Gasteiger charge is 2.70. The second-order valence-corrected chi connectivity index (χ2v) is 17.8. The third-order valence-corrected chi connectivity index (χ3v) is 13.6. The molecule has 9 rings (SSSR count). The summed E-state index contributed by atoms with van der Waals surface area (Å²) in [6.45, 7) is 5.59. The van der Waals surface area contributed by atoms with Crippen molar-refractivity contribution in [2.24, 2.45) is 18.9 Å². The van der Waals surface area contributed by atoms with Gasteiger partial charge in [-0.3, -0.25) is 9.78 Å². The molecular weight excluding hydrogens is 725 g/mol. The van der Waals surface area contributed by atoms with Crippen LogP contribution in [0.15, 0.2) is 65.7 Å². The van der Waals surface area contributed by atoms with Crippen molar-refractivity contribution in [2.75, 3.05) is 11.3 Å². The number of aryl methyl sites for hydroxylation is 3. The van der Waals surface area contributed by atoms with Crippen molar-refractivity contribution in [3.63, 3.8) is 0 Å². The molecule has 5 aromatic rings. The maximum atomic E-state index is 15.1. The van der Waals surface area contributed by atoms with Crippen molar-refractivity contribution in [1.82, 2.24) is 29.4 Å². The van der Waals surface area contributed by atoms with Crippen LogP contribution in [0.2, 0.25) is 0 Å². The summed E-state index contributed by atoms with van der Waals surface area (Å²) in [5.74, 6) is -2.49. The van der Waals surface area contributed by atoms with E-state index < -0.39 is 33.4 Å². The minimum absolute atomic E-state index is 0.0754. The molecule has 4 atom stereocenters. The Kier molecular flexibility index (Phi) is 8.30. The van der Waals surface area contributed by atoms with E-state index in [1.807, 2.05) is 36.9 Å². The quantitative estimate of drug-likeness (QED) is 0.193. The number of carbonyl (C=O) groups is 1. The van der Waals surface area contributed by atoms with Gasteiger partial charge in [0, 0.05) is 36.4 Å². The first-order chi connectivity index (χ1) is 26.2. The Morgan fingerprint density at radius 2 is 1.73 bits per heavy atom. The predicted octanol–water partition coefficient (Wildman–Crippen LogP) is 7.68. The number of alkyl halides is 2. The Morgan fingerprint density at radius 1 is 0.982 bits per heavy atom. The van der Waals surface area contributed by atoms with E-state index in [0.29, 0.717) is 40.6 Å². The largest absolute Gasteiger partial charge is 0.475 e. The minimum atomic E-state index is -4.24. The average Bonchev–Trinajstić information content (AvgIpc) is 4.03. The van der Waals surface area contributed by atoms with Crippen molar-refractivity contribution in [1.29, 1.82) is 0 Å². The maximum Gasteiger partial charge on any atom is 0.264 e. The highest BCUT2D eigenvalue weighted by molar-refractivity contribution is 7.92. The van der Waals surface area contributed by atoms with E-state index >= 15 is 4.79 Å². The molecule has 1 amide bonds. The van der Waals surface area contributed by atoms with Crippen molar-refractivity contribution < 1.29 is 26.7 Å². The number of ether oxygens (including phenoxy) is 1. The maximum absolute atomic E-state index is 15.1. The van der Waals surface area contributed by atoms with Crippen LogP contribution in [0.25, 0.3) is 22.4 Å². The number of sulfonamides is 1. The van der Waals surface area contributed by atoms with E-state index in [1.165, 1.54) is 12.1 Å². The van der Waals surface area contributed by atoms with Crippen molar-refractivity contribution in [3.05, 3.63) is 88.9 Å². The van der Waals surface area contributed by atoms with E-state index in [0.717, 1.165) is 48.8 Å². The van der Waals surface area contributed by atoms with Gasteiger partial charge in [0.15, 0.2) is 5.65 Å². The molecule has 2 aliphatic carbocycles. The number of aromatic nitrogens is 5. The zero-order valence-corrected chi connectivity index (χ0v) is 32.0. The lowest BCUT2D eigenvalue weighted by Crippen LogP contribution is -2.49. The molecule has 2 aromatic carbocycles. The predicted molar refractivity (Wildman–Crippen MR) is 202 cm³/mol. The van der Waals surface area contributed by atoms with Crippen LogP contribution in [0.1, 0.15) is 90.8 Å². The molecule has 3 aromatic heterocycles. The first-order valence-electron chi connectivity index (χ1n) is 19.0. The van der Waals surface area contributed by atoms with Gasteiger partial charge < -0.3 is 14.2 Å². The van der Waals surface area contributed by atoms with Gasteiger partial charge in [-0.05, 0) is 87.3 Å². The SMILES string of the molecule is Cc1cccc(C)c1-c1cc2nc(n1)NS(=O)(=O)c1cccc(c1)C(=O)N1[C@H](c3cnc4cc(C5(C)CC5(F)F)n(C)c4n3)CCC[C@@H](CC3CC3)[C@@H]1CO2. The first kappa shape index (κ1) is 35.7. The average molecular weight is 768 g/mol. The van der Waals surface area contributed by atoms with E-state index in [2.05, 4.69) is 14.7 Å². The molecule has 0 spiro atoms. The molecule has 14 heteroatoms. The van der Waals surface area contributed by atoms with E-state index in [-0.39, 0.29) is 47.1 Å². The molecule has 1 N–H and O–H groups in total. The topological polar surface area (TPSA) is 132 Å². The van der Waals surface area contributed by atoms with Crippen LogP contribution in [0.3, 0.4) is 0 Å². The molecule has 2 aliphatic heterocycles. The van der Waals surface area contributed by atoms with Crippen molar-refractivity contribution >= 4 is 33.0 Å². The fourth-order valence-electron chi connectivity index (χ4n) is 8.86. The zero-order valence-electron chi connectivity index (χ0n) is 31.2. The van der Waals surface area contributed by atoms with Gasteiger partial charge in [0.05, 0.1) is 40.0 Å². The number of nitrogens with one attached hydrogen (secondary N) is 1. The van der Waals surface area contributed by atoms with Crippen molar-refractivity contribution in [2.45, 2.75) is 94.0 Å². The summed E-state index contributed by atoms with van der Waals surface area (Å²) in [6, 6.07) is 14.3. The zero-order chi connectivity index (χ0) is 38.4. The second-order valence-electron chi connectivity index (χ2n) is 16.1. The molecular formula is C41H43F2N7O4S. The van der Waals surface area contributed by atoms with Gasteiger partial charge in [-0.2, -0.15) is 4.98 Å². The standard InChI is InChI=1S/C41H43F2N7O4S/c1-23-8-5-9-24(2)36(23)29-19-35-47-39(46-29)48-55(52,53)28-12-6-11-27(17-28)38(51)50-32(13-7-10-26(16-25-14-15-25)33(50)21-54-35)31-20-44-30-18-34(49(4)37(30)45-31)40(3)22-41(40,42)43/h5-6,8-9,11-12,17-20,25-26,32-33H,7,10,13-16,21-22H2,1-4H3,(H,46,47,48)/t26-,32-,33-,40?/m0/s1. The fourth-order valence-corrected chi connectivity index (χ4v) is 9.85. The Morgan fingerprint density at radius 3 is 2.45 bits per heavy atom. The summed E-state index contributed by atoms with van der Waals surface area (Å²) in [5, 5.41) is 0. The summed E-state index contributed by atoms with van der Waals surface area (Å²) in [7, 11) is -2.51. The second kappa shape index (κ2) is 12.8. The molecule has 2 saturated carbocycles. The number of amides is 1. The lowest BCUT2D eigenvalue weighted by Gasteiger charge is -2.39. The van der Waals surface area contributed by atoms with E-state index in [4.69, 9.17) is 14.7 Å². The third kappa shape index (κ3) is 6.22. The van der Waals surface area contributed by atoms with Gasteiger partial charge in [-0.25, -0.2) is 31.9 Å². The summed E-state index contributed by atoms with van der Waals surface area (Å²) >= 11 is 0. The monoisotopic (exact) mass is 767 g/mol. The number of hydrogen-bond donors (Lipinski definition) is 1. The molecule has 286 valence electrons. The number of carbonyl (C=O) groups excluding carboxylic acids is 1. The fraction of sp³-hybridized carbons (Fsp3) is 0.439. The molecule has 4 aliphatic rings. The Hall–Kier alpha value is -4.98. The molecule has 4 bridgehead atoms. The van der Waals surface area contributed by atoms with Gasteiger partial charge >= 0.3 is 0 Å². The first-order valence-corrected chi connectivity index (χ1v) is 20.5. The Labute approximate surface area is 318 Å². The lowest BCUT2D eigenvalue weighted by atomic mass is 9.89. The van der Waals surface area contributed by atoms with Gasteiger partial charge in [-0.1, -0.05) is 43.5 Å². The van der Waals surface area contributed by atoms with Crippen LogP contribution >= 0.6 is 0 Å². The normalized spacial score (nSPS) is 25.7. The minimum Gasteiger partial charge on any atom is -0.475 e. The molecule has 11 nitrogen and oxygen atoms in total. The highest BCUT2D eigenvalue weighted by Crippen LogP contribution is 2.61. The number of hydrogen-bond acceptors (Lipinski definition) is 8. The molecule has 55 heavy (non-hydrogen) atoms. The Balaban J connectivity index is 1.19.